The molecule has 1 heterocycles. The summed E-state index contributed by atoms with van der Waals surface area (Å²) in [6.07, 6.45) is 4.77. The molecule has 0 aliphatic heterocycles. The molecule has 1 atom stereocenters. The molecule has 15 heavy (non-hydrogen) atoms. The number of ether oxygens (including phenoxy) is 1. The molecular formula is C11H21N3O. The van der Waals surface area contributed by atoms with Gasteiger partial charge in [0.2, 0.25) is 0 Å². The van der Waals surface area contributed by atoms with Gasteiger partial charge in [0.15, 0.2) is 0 Å². The minimum atomic E-state index is -0.214. The fourth-order valence-corrected chi connectivity index (χ4v) is 1.22. The van der Waals surface area contributed by atoms with Gasteiger partial charge in [-0.3, -0.25) is 4.68 Å². The first-order chi connectivity index (χ1) is 7.13. The van der Waals surface area contributed by atoms with Crippen LogP contribution in [0.3, 0.4) is 0 Å². The van der Waals surface area contributed by atoms with Gasteiger partial charge in [0, 0.05) is 24.8 Å². The van der Waals surface area contributed by atoms with Crippen molar-refractivity contribution in [1.29, 1.82) is 0 Å². The van der Waals surface area contributed by atoms with Gasteiger partial charge in [-0.15, -0.1) is 0 Å². The third-order valence-corrected chi connectivity index (χ3v) is 2.78. The molecule has 0 spiro atoms. The fourth-order valence-electron chi connectivity index (χ4n) is 1.22. The summed E-state index contributed by atoms with van der Waals surface area (Å²) in [5, 5.41) is 4.19. The van der Waals surface area contributed by atoms with Crippen molar-refractivity contribution in [3.63, 3.8) is 0 Å². The first kappa shape index (κ1) is 12.2. The van der Waals surface area contributed by atoms with E-state index >= 15 is 0 Å². The van der Waals surface area contributed by atoms with Crippen LogP contribution in [-0.4, -0.2) is 21.9 Å². The lowest BCUT2D eigenvalue weighted by Crippen LogP contribution is -2.36. The molecule has 1 unspecified atom stereocenters. The van der Waals surface area contributed by atoms with Crippen LogP contribution < -0.4 is 5.73 Å². The molecule has 4 heteroatoms. The van der Waals surface area contributed by atoms with Crippen LogP contribution in [-0.2, 0) is 17.9 Å². The van der Waals surface area contributed by atoms with Gasteiger partial charge in [0.25, 0.3) is 0 Å². The summed E-state index contributed by atoms with van der Waals surface area (Å²) < 4.78 is 7.69. The van der Waals surface area contributed by atoms with Gasteiger partial charge in [0.05, 0.1) is 18.4 Å². The molecule has 0 aliphatic rings. The van der Waals surface area contributed by atoms with E-state index in [4.69, 9.17) is 10.5 Å². The first-order valence-electron chi connectivity index (χ1n) is 5.49. The number of aromatic nitrogens is 2. The van der Waals surface area contributed by atoms with Gasteiger partial charge in [-0.05, 0) is 20.3 Å². The lowest BCUT2D eigenvalue weighted by atomic mass is 10.0. The van der Waals surface area contributed by atoms with Crippen molar-refractivity contribution >= 4 is 0 Å². The van der Waals surface area contributed by atoms with Gasteiger partial charge < -0.3 is 10.5 Å². The van der Waals surface area contributed by atoms with E-state index < -0.39 is 0 Å². The summed E-state index contributed by atoms with van der Waals surface area (Å²) in [4.78, 5) is 0. The second kappa shape index (κ2) is 5.28. The third kappa shape index (κ3) is 3.32. The molecule has 2 N–H and O–H groups in total. The van der Waals surface area contributed by atoms with Crippen molar-refractivity contribution in [3.05, 3.63) is 18.0 Å². The number of nitrogens with two attached hydrogens (primary N) is 1. The van der Waals surface area contributed by atoms with Crippen LogP contribution in [0.5, 0.6) is 0 Å². The zero-order valence-electron chi connectivity index (χ0n) is 9.86. The highest BCUT2D eigenvalue weighted by Gasteiger charge is 2.20. The van der Waals surface area contributed by atoms with E-state index in [9.17, 15) is 0 Å². The largest absolute Gasteiger partial charge is 0.369 e. The smallest absolute Gasteiger partial charge is 0.0778 e. The summed E-state index contributed by atoms with van der Waals surface area (Å²) in [5.41, 5.74) is 6.56. The molecule has 0 radical (unpaired) electrons. The van der Waals surface area contributed by atoms with E-state index in [-0.39, 0.29) is 5.60 Å². The first-order valence-corrected chi connectivity index (χ1v) is 5.49. The lowest BCUT2D eigenvalue weighted by molar-refractivity contribution is -0.0388. The predicted octanol–water partition coefficient (Wildman–Crippen LogP) is 1.55. The molecule has 0 aliphatic carbocycles. The Kier molecular flexibility index (Phi) is 4.29. The Morgan fingerprint density at radius 3 is 2.73 bits per heavy atom. The minimum absolute atomic E-state index is 0.214. The summed E-state index contributed by atoms with van der Waals surface area (Å²) >= 11 is 0. The zero-order chi connectivity index (χ0) is 11.3. The number of aryl methyl sites for hydroxylation is 1. The molecule has 0 fully saturated rings. The average molecular weight is 211 g/mol. The van der Waals surface area contributed by atoms with Gasteiger partial charge in [-0.2, -0.15) is 5.10 Å². The van der Waals surface area contributed by atoms with Crippen LogP contribution in [0.15, 0.2) is 12.4 Å². The molecule has 0 bridgehead atoms. The van der Waals surface area contributed by atoms with E-state index in [1.54, 1.807) is 0 Å². The lowest BCUT2D eigenvalue weighted by Gasteiger charge is -2.26. The summed E-state index contributed by atoms with van der Waals surface area (Å²) in [5.74, 6) is 0. The molecule has 1 aromatic heterocycles. The van der Waals surface area contributed by atoms with E-state index in [1.807, 2.05) is 24.0 Å². The van der Waals surface area contributed by atoms with Crippen LogP contribution in [0.1, 0.15) is 32.8 Å². The van der Waals surface area contributed by atoms with Gasteiger partial charge in [-0.25, -0.2) is 0 Å². The van der Waals surface area contributed by atoms with Crippen LogP contribution in [0.4, 0.5) is 0 Å². The Morgan fingerprint density at radius 2 is 2.27 bits per heavy atom. The van der Waals surface area contributed by atoms with Crippen molar-refractivity contribution in [2.75, 3.05) is 6.54 Å². The Hall–Kier alpha value is -0.870. The average Bonchev–Trinajstić information content (AvgIpc) is 2.74. The van der Waals surface area contributed by atoms with E-state index in [2.05, 4.69) is 18.9 Å². The molecule has 4 nitrogen and oxygen atoms in total. The fraction of sp³-hybridized carbons (Fsp3) is 0.727. The number of nitrogens with zero attached hydrogens (tertiary/aromatic N) is 2. The molecule has 0 aromatic carbocycles. The van der Waals surface area contributed by atoms with E-state index in [0.717, 1.165) is 18.5 Å². The molecular weight excluding hydrogens is 190 g/mol. The number of hydrogen-bond donors (Lipinski definition) is 1. The van der Waals surface area contributed by atoms with Crippen molar-refractivity contribution in [1.82, 2.24) is 9.78 Å². The highest BCUT2D eigenvalue weighted by atomic mass is 16.5. The normalized spacial score (nSPS) is 15.2. The van der Waals surface area contributed by atoms with Crippen molar-refractivity contribution in [3.8, 4) is 0 Å². The van der Waals surface area contributed by atoms with Crippen LogP contribution in [0.2, 0.25) is 0 Å². The number of rotatable bonds is 6. The molecule has 1 aromatic rings. The van der Waals surface area contributed by atoms with Crippen molar-refractivity contribution in [2.24, 2.45) is 5.73 Å². The third-order valence-electron chi connectivity index (χ3n) is 2.78. The molecule has 0 saturated carbocycles. The van der Waals surface area contributed by atoms with Gasteiger partial charge in [-0.1, -0.05) is 6.92 Å². The predicted molar refractivity (Wildman–Crippen MR) is 60.4 cm³/mol. The van der Waals surface area contributed by atoms with Crippen LogP contribution in [0, 0.1) is 0 Å². The maximum atomic E-state index is 5.79. The Balaban J connectivity index is 2.49. The van der Waals surface area contributed by atoms with Crippen molar-refractivity contribution < 1.29 is 4.74 Å². The second-order valence-electron chi connectivity index (χ2n) is 4.00. The van der Waals surface area contributed by atoms with Gasteiger partial charge in [0.1, 0.15) is 0 Å². The maximum absolute atomic E-state index is 5.79. The molecule has 86 valence electrons. The SMILES string of the molecule is CCn1cc(COC(C)(CC)CN)cn1. The second-order valence-corrected chi connectivity index (χ2v) is 4.00. The van der Waals surface area contributed by atoms with E-state index in [0.29, 0.717) is 13.2 Å². The van der Waals surface area contributed by atoms with Crippen molar-refractivity contribution in [2.45, 2.75) is 45.9 Å². The summed E-state index contributed by atoms with van der Waals surface area (Å²) in [6, 6.07) is 0. The Bertz CT molecular complexity index is 292. The minimum Gasteiger partial charge on any atom is -0.369 e. The summed E-state index contributed by atoms with van der Waals surface area (Å²) in [7, 11) is 0. The quantitative estimate of drug-likeness (QED) is 0.776. The summed E-state index contributed by atoms with van der Waals surface area (Å²) in [6.45, 7) is 8.21. The Labute approximate surface area is 91.4 Å². The van der Waals surface area contributed by atoms with E-state index in [1.165, 1.54) is 0 Å². The topological polar surface area (TPSA) is 53.1 Å². The standard InChI is InChI=1S/C11H21N3O/c1-4-11(3,9-12)15-8-10-6-13-14(5-2)7-10/h6-7H,4-5,8-9,12H2,1-3H3. The van der Waals surface area contributed by atoms with Gasteiger partial charge >= 0.3 is 0 Å². The maximum Gasteiger partial charge on any atom is 0.0778 e. The Morgan fingerprint density at radius 1 is 1.53 bits per heavy atom. The highest BCUT2D eigenvalue weighted by molar-refractivity contribution is 5.02. The zero-order valence-corrected chi connectivity index (χ0v) is 9.86. The molecule has 0 saturated heterocycles. The highest BCUT2D eigenvalue weighted by Crippen LogP contribution is 2.15. The van der Waals surface area contributed by atoms with Crippen LogP contribution in [0.25, 0.3) is 0 Å². The monoisotopic (exact) mass is 211 g/mol. The number of hydrogen-bond acceptors (Lipinski definition) is 3. The molecule has 1 rings (SSSR count). The van der Waals surface area contributed by atoms with Crippen LogP contribution >= 0.6 is 0 Å². The molecule has 0 amide bonds.